The number of rotatable bonds is 19. The topological polar surface area (TPSA) is 197 Å². The molecule has 1 spiro atoms. The summed E-state index contributed by atoms with van der Waals surface area (Å²) in [4.78, 5) is 57.1. The molecule has 5 rings (SSSR count). The van der Waals surface area contributed by atoms with Gasteiger partial charge in [0.25, 0.3) is 0 Å². The minimum absolute atomic E-state index is 0.0259. The van der Waals surface area contributed by atoms with E-state index in [0.717, 1.165) is 24.0 Å². The van der Waals surface area contributed by atoms with Crippen molar-refractivity contribution < 1.29 is 27.6 Å². The highest BCUT2D eigenvalue weighted by molar-refractivity contribution is 7.90. The zero-order chi connectivity index (χ0) is 38.9. The molecule has 3 fully saturated rings. The van der Waals surface area contributed by atoms with Crippen LogP contribution < -0.4 is 27.4 Å². The first-order valence-corrected chi connectivity index (χ1v) is 21.0. The summed E-state index contributed by atoms with van der Waals surface area (Å²) in [5.74, 6) is -1.63. The van der Waals surface area contributed by atoms with E-state index in [4.69, 9.17) is 11.5 Å². The van der Waals surface area contributed by atoms with Crippen molar-refractivity contribution in [3.8, 4) is 0 Å². The number of piperidine rings is 1. The van der Waals surface area contributed by atoms with Crippen LogP contribution in [0, 0.1) is 11.3 Å². The lowest BCUT2D eigenvalue weighted by atomic mass is 9.73. The minimum atomic E-state index is -3.20. The van der Waals surface area contributed by atoms with Gasteiger partial charge in [0.2, 0.25) is 33.7 Å². The van der Waals surface area contributed by atoms with Crippen LogP contribution in [-0.4, -0.2) is 103 Å². The van der Waals surface area contributed by atoms with Crippen LogP contribution in [0.15, 0.2) is 60.7 Å². The number of nitrogens with zero attached hydrogens (tertiary/aromatic N) is 2. The van der Waals surface area contributed by atoms with Crippen molar-refractivity contribution in [1.29, 1.82) is 0 Å². The summed E-state index contributed by atoms with van der Waals surface area (Å²) >= 11 is 0. The fourth-order valence-corrected chi connectivity index (χ4v) is 9.55. The van der Waals surface area contributed by atoms with Crippen molar-refractivity contribution in [3.63, 3.8) is 0 Å². The SMILES string of the molecule is CC(C)CC(NC(=O)C(Cc1ccccc1)NC(=O)C(N)Cc1ccccc1)C(=O)NC(CCCCN)C(=O)N1CCC2(CC1)CN(S(=O)(=O)C1CC1)C2. The fourth-order valence-electron chi connectivity index (χ4n) is 7.49. The maximum atomic E-state index is 14.0. The second-order valence-corrected chi connectivity index (χ2v) is 18.1. The minimum Gasteiger partial charge on any atom is -0.343 e. The summed E-state index contributed by atoms with van der Waals surface area (Å²) in [5.41, 5.74) is 13.7. The molecule has 2 saturated heterocycles. The van der Waals surface area contributed by atoms with Gasteiger partial charge in [0, 0.05) is 38.0 Å². The zero-order valence-corrected chi connectivity index (χ0v) is 32.6. The van der Waals surface area contributed by atoms with Gasteiger partial charge in [-0.3, -0.25) is 19.2 Å². The van der Waals surface area contributed by atoms with Crippen LogP contribution in [-0.2, 0) is 42.0 Å². The standard InChI is InChI=1S/C40H59N7O6S/c1-28(2)23-34(45-38(50)35(25-30-13-7-4-8-14-30)44-36(48)32(42)24-29-11-5-3-6-12-29)37(49)43-33(15-9-10-20-41)39(51)46-21-18-40(19-22-46)26-47(27-40)54(52,53)31-16-17-31/h3-8,11-14,28,31-35H,9-10,15-27,41-42H2,1-2H3,(H,43,49)(H,44,48)(H,45,50). The lowest BCUT2D eigenvalue weighted by molar-refractivity contribution is -0.140. The number of nitrogens with one attached hydrogen (secondary N) is 3. The number of amides is 4. The van der Waals surface area contributed by atoms with E-state index >= 15 is 0 Å². The monoisotopic (exact) mass is 765 g/mol. The summed E-state index contributed by atoms with van der Waals surface area (Å²) in [6.45, 7) is 6.33. The first-order chi connectivity index (χ1) is 25.8. The van der Waals surface area contributed by atoms with Gasteiger partial charge in [-0.15, -0.1) is 0 Å². The molecular formula is C40H59N7O6S. The highest BCUT2D eigenvalue weighted by Gasteiger charge is 2.53. The Morgan fingerprint density at radius 1 is 0.778 bits per heavy atom. The second kappa shape index (κ2) is 18.7. The number of unbranched alkanes of at least 4 members (excludes halogenated alkanes) is 1. The molecule has 2 aromatic carbocycles. The van der Waals surface area contributed by atoms with Crippen molar-refractivity contribution in [2.24, 2.45) is 22.8 Å². The van der Waals surface area contributed by atoms with Gasteiger partial charge < -0.3 is 32.3 Å². The fraction of sp³-hybridized carbons (Fsp3) is 0.600. The summed E-state index contributed by atoms with van der Waals surface area (Å²) < 4.78 is 27.0. The molecule has 54 heavy (non-hydrogen) atoms. The van der Waals surface area contributed by atoms with Crippen LogP contribution in [0.4, 0.5) is 0 Å². The van der Waals surface area contributed by atoms with Gasteiger partial charge in [-0.25, -0.2) is 12.7 Å². The number of carbonyl (C=O) groups excluding carboxylic acids is 4. The van der Waals surface area contributed by atoms with Crippen LogP contribution in [0.1, 0.15) is 76.3 Å². The molecule has 14 heteroatoms. The molecule has 4 atom stereocenters. The van der Waals surface area contributed by atoms with Crippen LogP contribution in [0.25, 0.3) is 0 Å². The molecule has 4 amide bonds. The molecule has 0 radical (unpaired) electrons. The Morgan fingerprint density at radius 3 is 1.87 bits per heavy atom. The first-order valence-electron chi connectivity index (χ1n) is 19.5. The van der Waals surface area contributed by atoms with Gasteiger partial charge in [0.15, 0.2) is 0 Å². The summed E-state index contributed by atoms with van der Waals surface area (Å²) in [6, 6.07) is 15.0. The third-order valence-corrected chi connectivity index (χ3v) is 13.2. The van der Waals surface area contributed by atoms with Gasteiger partial charge >= 0.3 is 0 Å². The van der Waals surface area contributed by atoms with Crippen LogP contribution >= 0.6 is 0 Å². The first kappa shape index (κ1) is 41.3. The van der Waals surface area contributed by atoms with Crippen molar-refractivity contribution in [3.05, 3.63) is 71.8 Å². The molecule has 2 heterocycles. The van der Waals surface area contributed by atoms with Gasteiger partial charge in [0.1, 0.15) is 18.1 Å². The summed E-state index contributed by atoms with van der Waals surface area (Å²) in [5, 5.41) is 8.49. The molecule has 2 aliphatic heterocycles. The third kappa shape index (κ3) is 11.1. The number of nitrogens with two attached hydrogens (primary N) is 2. The highest BCUT2D eigenvalue weighted by atomic mass is 32.2. The Kier molecular flexibility index (Phi) is 14.3. The number of carbonyl (C=O) groups is 4. The summed E-state index contributed by atoms with van der Waals surface area (Å²) in [7, 11) is -3.20. The van der Waals surface area contributed by atoms with Gasteiger partial charge in [-0.05, 0) is 81.4 Å². The van der Waals surface area contributed by atoms with Gasteiger partial charge in [0.05, 0.1) is 11.3 Å². The van der Waals surface area contributed by atoms with Crippen LogP contribution in [0.5, 0.6) is 0 Å². The second-order valence-electron chi connectivity index (χ2n) is 15.9. The van der Waals surface area contributed by atoms with Gasteiger partial charge in [-0.1, -0.05) is 74.5 Å². The van der Waals surface area contributed by atoms with E-state index < -0.39 is 51.9 Å². The number of hydrogen-bond acceptors (Lipinski definition) is 8. The molecular weight excluding hydrogens is 707 g/mol. The predicted octanol–water partition coefficient (Wildman–Crippen LogP) is 1.85. The average Bonchev–Trinajstić information content (AvgIpc) is 4.00. The molecule has 4 unspecified atom stereocenters. The zero-order valence-electron chi connectivity index (χ0n) is 31.8. The molecule has 1 aliphatic carbocycles. The smallest absolute Gasteiger partial charge is 0.245 e. The van der Waals surface area contributed by atoms with E-state index in [1.54, 1.807) is 9.21 Å². The maximum absolute atomic E-state index is 14.0. The van der Waals surface area contributed by atoms with E-state index in [1.807, 2.05) is 74.5 Å². The highest BCUT2D eigenvalue weighted by Crippen LogP contribution is 2.45. The Balaban J connectivity index is 1.24. The van der Waals surface area contributed by atoms with Crippen LogP contribution in [0.2, 0.25) is 0 Å². The number of benzene rings is 2. The third-order valence-electron chi connectivity index (χ3n) is 10.9. The number of sulfonamides is 1. The van der Waals surface area contributed by atoms with Gasteiger partial charge in [-0.2, -0.15) is 0 Å². The molecule has 296 valence electrons. The molecule has 7 N–H and O–H groups in total. The number of hydrogen-bond donors (Lipinski definition) is 5. The Morgan fingerprint density at radius 2 is 1.31 bits per heavy atom. The van der Waals surface area contributed by atoms with Crippen molar-refractivity contribution >= 4 is 33.7 Å². The van der Waals surface area contributed by atoms with Crippen LogP contribution in [0.3, 0.4) is 0 Å². The summed E-state index contributed by atoms with van der Waals surface area (Å²) in [6.07, 6.45) is 5.39. The normalized spacial score (nSPS) is 19.3. The largest absolute Gasteiger partial charge is 0.343 e. The predicted molar refractivity (Wildman–Crippen MR) is 208 cm³/mol. The van der Waals surface area contributed by atoms with E-state index in [1.165, 1.54) is 0 Å². The van der Waals surface area contributed by atoms with Crippen molar-refractivity contribution in [2.45, 2.75) is 107 Å². The lowest BCUT2D eigenvalue weighted by Crippen LogP contribution is -2.63. The Bertz CT molecular complexity index is 1670. The molecule has 3 aliphatic rings. The van der Waals surface area contributed by atoms with E-state index in [2.05, 4.69) is 16.0 Å². The Labute approximate surface area is 320 Å². The molecule has 2 aromatic rings. The van der Waals surface area contributed by atoms with Crippen molar-refractivity contribution in [1.82, 2.24) is 25.2 Å². The molecule has 0 aromatic heterocycles. The van der Waals surface area contributed by atoms with Crippen molar-refractivity contribution in [2.75, 3.05) is 32.7 Å². The molecule has 0 bridgehead atoms. The van der Waals surface area contributed by atoms with E-state index in [9.17, 15) is 27.6 Å². The quantitative estimate of drug-likeness (QED) is 0.134. The number of likely N-dealkylation sites (tertiary alicyclic amines) is 1. The average molecular weight is 766 g/mol. The molecule has 13 nitrogen and oxygen atoms in total. The maximum Gasteiger partial charge on any atom is 0.245 e. The lowest BCUT2D eigenvalue weighted by Gasteiger charge is -2.53. The van der Waals surface area contributed by atoms with E-state index in [0.29, 0.717) is 77.7 Å². The Hall–Kier alpha value is -3.85. The molecule has 1 saturated carbocycles. The van der Waals surface area contributed by atoms with E-state index in [-0.39, 0.29) is 28.9 Å².